The van der Waals surface area contributed by atoms with E-state index in [-0.39, 0.29) is 0 Å². The molecule has 1 amide bonds. The van der Waals surface area contributed by atoms with Crippen molar-refractivity contribution in [1.82, 2.24) is 4.90 Å². The molecule has 2 N–H and O–H groups in total. The van der Waals surface area contributed by atoms with Gasteiger partial charge in [-0.05, 0) is 0 Å². The molecule has 0 aliphatic carbocycles. The second-order valence-corrected chi connectivity index (χ2v) is 2.64. The SMILES string of the molecule is CN(C)C(=O)CC(N)C(F)(F)F. The van der Waals surface area contributed by atoms with Crippen LogP contribution < -0.4 is 5.73 Å². The Morgan fingerprint density at radius 3 is 2.17 bits per heavy atom. The Morgan fingerprint density at radius 2 is 1.92 bits per heavy atom. The molecule has 3 nitrogen and oxygen atoms in total. The first-order chi connectivity index (χ1) is 5.25. The molecule has 0 aromatic rings. The van der Waals surface area contributed by atoms with Crippen LogP contribution in [0.3, 0.4) is 0 Å². The topological polar surface area (TPSA) is 46.3 Å². The number of halogens is 3. The van der Waals surface area contributed by atoms with Crippen molar-refractivity contribution >= 4 is 5.91 Å². The number of nitrogens with zero attached hydrogens (tertiary/aromatic N) is 1. The van der Waals surface area contributed by atoms with Crippen LogP contribution in [-0.2, 0) is 4.79 Å². The van der Waals surface area contributed by atoms with Crippen LogP contribution in [0.5, 0.6) is 0 Å². The molecule has 0 fully saturated rings. The molecule has 1 unspecified atom stereocenters. The maximum atomic E-state index is 11.8. The fraction of sp³-hybridized carbons (Fsp3) is 0.833. The van der Waals surface area contributed by atoms with Crippen molar-refractivity contribution in [2.24, 2.45) is 5.73 Å². The molecule has 12 heavy (non-hydrogen) atoms. The van der Waals surface area contributed by atoms with Crippen LogP contribution in [0.2, 0.25) is 0 Å². The molecule has 0 heterocycles. The van der Waals surface area contributed by atoms with E-state index >= 15 is 0 Å². The van der Waals surface area contributed by atoms with Crippen LogP contribution in [0.1, 0.15) is 6.42 Å². The van der Waals surface area contributed by atoms with Gasteiger partial charge in [-0.15, -0.1) is 0 Å². The van der Waals surface area contributed by atoms with E-state index in [2.05, 4.69) is 0 Å². The summed E-state index contributed by atoms with van der Waals surface area (Å²) in [6, 6.07) is -2.06. The second-order valence-electron chi connectivity index (χ2n) is 2.64. The van der Waals surface area contributed by atoms with Gasteiger partial charge in [0.15, 0.2) is 0 Å². The van der Waals surface area contributed by atoms with Crippen LogP contribution in [0, 0.1) is 0 Å². The molecule has 6 heteroatoms. The van der Waals surface area contributed by atoms with Crippen molar-refractivity contribution < 1.29 is 18.0 Å². The second kappa shape index (κ2) is 3.75. The number of amides is 1. The summed E-state index contributed by atoms with van der Waals surface area (Å²) in [5, 5.41) is 0. The molecule has 0 aliphatic rings. The van der Waals surface area contributed by atoms with E-state index in [9.17, 15) is 18.0 Å². The minimum atomic E-state index is -4.49. The fourth-order valence-electron chi connectivity index (χ4n) is 0.486. The Labute approximate surface area is 68.3 Å². The van der Waals surface area contributed by atoms with Gasteiger partial charge in [-0.25, -0.2) is 0 Å². The summed E-state index contributed by atoms with van der Waals surface area (Å²) in [5.74, 6) is -0.625. The number of carbonyl (C=O) groups is 1. The van der Waals surface area contributed by atoms with Crippen LogP contribution in [0.15, 0.2) is 0 Å². The summed E-state index contributed by atoms with van der Waals surface area (Å²) >= 11 is 0. The lowest BCUT2D eigenvalue weighted by atomic mass is 10.2. The van der Waals surface area contributed by atoms with Gasteiger partial charge in [0.25, 0.3) is 0 Å². The highest BCUT2D eigenvalue weighted by molar-refractivity contribution is 5.76. The van der Waals surface area contributed by atoms with Crippen molar-refractivity contribution in [3.8, 4) is 0 Å². The Morgan fingerprint density at radius 1 is 1.50 bits per heavy atom. The Bertz CT molecular complexity index is 167. The number of hydrogen-bond donors (Lipinski definition) is 1. The summed E-state index contributed by atoms with van der Waals surface area (Å²) in [4.78, 5) is 11.8. The smallest absolute Gasteiger partial charge is 0.349 e. The maximum Gasteiger partial charge on any atom is 0.404 e. The Hall–Kier alpha value is -0.780. The molecular formula is C6H11F3N2O. The van der Waals surface area contributed by atoms with Crippen molar-refractivity contribution in [3.63, 3.8) is 0 Å². The predicted octanol–water partition coefficient (Wildman–Crippen LogP) is 0.354. The Kier molecular flexibility index (Phi) is 3.51. The normalized spacial score (nSPS) is 14.2. The zero-order valence-electron chi connectivity index (χ0n) is 6.85. The number of nitrogens with two attached hydrogens (primary N) is 1. The molecule has 1 atom stereocenters. The minimum absolute atomic E-state index is 0.625. The van der Waals surface area contributed by atoms with E-state index < -0.39 is 24.5 Å². The zero-order chi connectivity index (χ0) is 9.94. The third-order valence-electron chi connectivity index (χ3n) is 1.31. The third-order valence-corrected chi connectivity index (χ3v) is 1.31. The first kappa shape index (κ1) is 11.2. The molecule has 0 aromatic carbocycles. The number of carbonyl (C=O) groups excluding carboxylic acids is 1. The molecule has 0 aliphatic heterocycles. The van der Waals surface area contributed by atoms with Gasteiger partial charge in [0.2, 0.25) is 5.91 Å². The van der Waals surface area contributed by atoms with Crippen molar-refractivity contribution in [2.45, 2.75) is 18.6 Å². The van der Waals surface area contributed by atoms with Gasteiger partial charge in [0, 0.05) is 14.1 Å². The van der Waals surface area contributed by atoms with E-state index in [4.69, 9.17) is 5.73 Å². The van der Waals surface area contributed by atoms with Gasteiger partial charge in [-0.2, -0.15) is 13.2 Å². The first-order valence-corrected chi connectivity index (χ1v) is 3.27. The minimum Gasteiger partial charge on any atom is -0.349 e. The van der Waals surface area contributed by atoms with Crippen molar-refractivity contribution in [2.75, 3.05) is 14.1 Å². The zero-order valence-corrected chi connectivity index (χ0v) is 6.85. The van der Waals surface area contributed by atoms with Gasteiger partial charge in [0.1, 0.15) is 6.04 Å². The number of alkyl halides is 3. The molecule has 72 valence electrons. The number of rotatable bonds is 2. The summed E-state index contributed by atoms with van der Waals surface area (Å²) in [6.07, 6.45) is -5.19. The van der Waals surface area contributed by atoms with Crippen molar-refractivity contribution in [3.05, 3.63) is 0 Å². The maximum absolute atomic E-state index is 11.8. The molecule has 0 saturated carbocycles. The van der Waals surface area contributed by atoms with Gasteiger partial charge >= 0.3 is 6.18 Å². The predicted molar refractivity (Wildman–Crippen MR) is 37.3 cm³/mol. The van der Waals surface area contributed by atoms with Gasteiger partial charge < -0.3 is 10.6 Å². The molecule has 0 bridgehead atoms. The van der Waals surface area contributed by atoms with E-state index in [1.807, 2.05) is 0 Å². The Balaban J connectivity index is 4.02. The van der Waals surface area contributed by atoms with E-state index in [1.54, 1.807) is 0 Å². The van der Waals surface area contributed by atoms with Crippen LogP contribution >= 0.6 is 0 Å². The summed E-state index contributed by atoms with van der Waals surface area (Å²) in [7, 11) is 2.76. The average molecular weight is 184 g/mol. The highest BCUT2D eigenvalue weighted by Gasteiger charge is 2.38. The van der Waals surface area contributed by atoms with Crippen LogP contribution in [-0.4, -0.2) is 37.1 Å². The highest BCUT2D eigenvalue weighted by Crippen LogP contribution is 2.20. The molecule has 0 spiro atoms. The molecule has 0 saturated heterocycles. The van der Waals surface area contributed by atoms with Gasteiger partial charge in [-0.3, -0.25) is 4.79 Å². The quantitative estimate of drug-likeness (QED) is 0.673. The monoisotopic (exact) mass is 184 g/mol. The van der Waals surface area contributed by atoms with Crippen LogP contribution in [0.25, 0.3) is 0 Å². The largest absolute Gasteiger partial charge is 0.404 e. The standard InChI is InChI=1S/C6H11F3N2O/c1-11(2)5(12)3-4(10)6(7,8)9/h4H,3,10H2,1-2H3. The van der Waals surface area contributed by atoms with Crippen molar-refractivity contribution in [1.29, 1.82) is 0 Å². The summed E-state index contributed by atoms with van der Waals surface area (Å²) in [5.41, 5.74) is 4.72. The van der Waals surface area contributed by atoms with E-state index in [0.29, 0.717) is 0 Å². The third kappa shape index (κ3) is 3.56. The fourth-order valence-corrected chi connectivity index (χ4v) is 0.486. The summed E-state index contributed by atoms with van der Waals surface area (Å²) < 4.78 is 35.3. The van der Waals surface area contributed by atoms with Gasteiger partial charge in [0.05, 0.1) is 6.42 Å². The molecule has 0 radical (unpaired) electrons. The summed E-state index contributed by atoms with van der Waals surface area (Å²) in [6.45, 7) is 0. The average Bonchev–Trinajstić information content (AvgIpc) is 1.85. The van der Waals surface area contributed by atoms with E-state index in [1.165, 1.54) is 14.1 Å². The van der Waals surface area contributed by atoms with E-state index in [0.717, 1.165) is 4.90 Å². The lowest BCUT2D eigenvalue weighted by molar-refractivity contribution is -0.157. The highest BCUT2D eigenvalue weighted by atomic mass is 19.4. The number of hydrogen-bond acceptors (Lipinski definition) is 2. The van der Waals surface area contributed by atoms with Gasteiger partial charge in [-0.1, -0.05) is 0 Å². The molecular weight excluding hydrogens is 173 g/mol. The molecule has 0 rings (SSSR count). The molecule has 0 aromatic heterocycles. The lowest BCUT2D eigenvalue weighted by Crippen LogP contribution is -2.41. The lowest BCUT2D eigenvalue weighted by Gasteiger charge is -2.17. The van der Waals surface area contributed by atoms with Crippen LogP contribution in [0.4, 0.5) is 13.2 Å². The first-order valence-electron chi connectivity index (χ1n) is 3.27.